The van der Waals surface area contributed by atoms with Crippen LogP contribution in [0.15, 0.2) is 24.4 Å². The first kappa shape index (κ1) is 14.4. The molecule has 0 fully saturated rings. The molecule has 2 rings (SSSR count). The van der Waals surface area contributed by atoms with Crippen LogP contribution in [0.25, 0.3) is 0 Å². The Morgan fingerprint density at radius 3 is 2.58 bits per heavy atom. The molecule has 0 saturated carbocycles. The van der Waals surface area contributed by atoms with Crippen LogP contribution in [0, 0.1) is 6.92 Å². The van der Waals surface area contributed by atoms with Gasteiger partial charge in [-0.25, -0.2) is 4.98 Å². The highest BCUT2D eigenvalue weighted by atomic mass is 35.5. The molecular formula is C14H17Cl2N3. The Bertz CT molecular complexity index is 544. The SMILES string of the molecule is CCNCc1cnc(C)n1Cc1c(Cl)cccc1Cl. The summed E-state index contributed by atoms with van der Waals surface area (Å²) >= 11 is 12.4. The molecule has 0 unspecified atom stereocenters. The van der Waals surface area contributed by atoms with E-state index in [2.05, 4.69) is 21.8 Å². The van der Waals surface area contributed by atoms with Gasteiger partial charge in [-0.15, -0.1) is 0 Å². The zero-order chi connectivity index (χ0) is 13.8. The van der Waals surface area contributed by atoms with Crippen LogP contribution in [0.4, 0.5) is 0 Å². The van der Waals surface area contributed by atoms with Crippen molar-refractivity contribution in [3.8, 4) is 0 Å². The minimum absolute atomic E-state index is 0.644. The summed E-state index contributed by atoms with van der Waals surface area (Å²) in [5, 5.41) is 4.69. The molecule has 0 radical (unpaired) electrons. The van der Waals surface area contributed by atoms with Crippen molar-refractivity contribution in [3.05, 3.63) is 51.5 Å². The van der Waals surface area contributed by atoms with Crippen molar-refractivity contribution in [1.29, 1.82) is 0 Å². The van der Waals surface area contributed by atoms with E-state index >= 15 is 0 Å². The van der Waals surface area contributed by atoms with Crippen LogP contribution in [0.1, 0.15) is 24.0 Å². The van der Waals surface area contributed by atoms with Crippen LogP contribution in [0.2, 0.25) is 10.0 Å². The van der Waals surface area contributed by atoms with Crippen LogP contribution < -0.4 is 5.32 Å². The van der Waals surface area contributed by atoms with Crippen LogP contribution in [0.3, 0.4) is 0 Å². The molecule has 3 nitrogen and oxygen atoms in total. The molecule has 0 bridgehead atoms. The highest BCUT2D eigenvalue weighted by molar-refractivity contribution is 6.35. The summed E-state index contributed by atoms with van der Waals surface area (Å²) in [6.45, 7) is 6.43. The Morgan fingerprint density at radius 1 is 1.26 bits per heavy atom. The fraction of sp³-hybridized carbons (Fsp3) is 0.357. The largest absolute Gasteiger partial charge is 0.326 e. The second-order valence-electron chi connectivity index (χ2n) is 4.36. The van der Waals surface area contributed by atoms with E-state index in [4.69, 9.17) is 23.2 Å². The standard InChI is InChI=1S/C14H17Cl2N3/c1-3-17-7-11-8-18-10(2)19(11)9-12-13(15)5-4-6-14(12)16/h4-6,8,17H,3,7,9H2,1-2H3. The van der Waals surface area contributed by atoms with E-state index in [1.807, 2.05) is 31.3 Å². The number of imidazole rings is 1. The molecule has 2 aromatic rings. The third-order valence-corrected chi connectivity index (χ3v) is 3.78. The van der Waals surface area contributed by atoms with Crippen LogP contribution in [-0.2, 0) is 13.1 Å². The normalized spacial score (nSPS) is 10.9. The first-order valence-corrected chi connectivity index (χ1v) is 7.03. The molecule has 0 aliphatic heterocycles. The minimum Gasteiger partial charge on any atom is -0.326 e. The number of hydrogen-bond donors (Lipinski definition) is 1. The number of rotatable bonds is 5. The quantitative estimate of drug-likeness (QED) is 0.913. The van der Waals surface area contributed by atoms with Crippen molar-refractivity contribution in [3.63, 3.8) is 0 Å². The highest BCUT2D eigenvalue weighted by Gasteiger charge is 2.11. The van der Waals surface area contributed by atoms with Crippen LogP contribution >= 0.6 is 23.2 Å². The van der Waals surface area contributed by atoms with E-state index < -0.39 is 0 Å². The van der Waals surface area contributed by atoms with Gasteiger partial charge in [0, 0.05) is 28.4 Å². The second kappa shape index (κ2) is 6.42. The summed E-state index contributed by atoms with van der Waals surface area (Å²) in [6, 6.07) is 5.58. The van der Waals surface area contributed by atoms with Gasteiger partial charge in [-0.3, -0.25) is 0 Å². The zero-order valence-corrected chi connectivity index (χ0v) is 12.6. The number of hydrogen-bond acceptors (Lipinski definition) is 2. The highest BCUT2D eigenvalue weighted by Crippen LogP contribution is 2.26. The fourth-order valence-corrected chi connectivity index (χ4v) is 2.48. The lowest BCUT2D eigenvalue weighted by atomic mass is 10.2. The maximum Gasteiger partial charge on any atom is 0.106 e. The maximum atomic E-state index is 6.22. The second-order valence-corrected chi connectivity index (χ2v) is 5.18. The number of benzene rings is 1. The Labute approximate surface area is 123 Å². The predicted molar refractivity (Wildman–Crippen MR) is 79.9 cm³/mol. The van der Waals surface area contributed by atoms with E-state index in [1.165, 1.54) is 0 Å². The first-order chi connectivity index (χ1) is 9.13. The van der Waals surface area contributed by atoms with Gasteiger partial charge in [0.05, 0.1) is 12.2 Å². The summed E-state index contributed by atoms with van der Waals surface area (Å²) in [6.07, 6.45) is 1.89. The van der Waals surface area contributed by atoms with Crippen molar-refractivity contribution in [2.75, 3.05) is 6.54 Å². The Balaban J connectivity index is 2.30. The summed E-state index contributed by atoms with van der Waals surface area (Å²) in [7, 11) is 0. The van der Waals surface area contributed by atoms with Gasteiger partial charge in [-0.1, -0.05) is 36.2 Å². The molecule has 19 heavy (non-hydrogen) atoms. The fourth-order valence-electron chi connectivity index (χ4n) is 1.97. The third kappa shape index (κ3) is 3.30. The summed E-state index contributed by atoms with van der Waals surface area (Å²) in [5.41, 5.74) is 2.07. The molecule has 5 heteroatoms. The molecule has 1 heterocycles. The van der Waals surface area contributed by atoms with E-state index in [1.54, 1.807) is 0 Å². The maximum absolute atomic E-state index is 6.22. The van der Waals surface area contributed by atoms with Gasteiger partial charge in [-0.2, -0.15) is 0 Å². The number of nitrogens with one attached hydrogen (secondary N) is 1. The summed E-state index contributed by atoms with van der Waals surface area (Å²) in [5.74, 6) is 0.962. The number of aromatic nitrogens is 2. The van der Waals surface area contributed by atoms with Gasteiger partial charge in [-0.05, 0) is 25.6 Å². The van der Waals surface area contributed by atoms with E-state index in [9.17, 15) is 0 Å². The Kier molecular flexibility index (Phi) is 4.86. The van der Waals surface area contributed by atoms with Crippen molar-refractivity contribution in [2.24, 2.45) is 0 Å². The minimum atomic E-state index is 0.644. The predicted octanol–water partition coefficient (Wildman–Crippen LogP) is 3.66. The summed E-state index contributed by atoms with van der Waals surface area (Å²) in [4.78, 5) is 4.36. The van der Waals surface area contributed by atoms with Crippen molar-refractivity contribution < 1.29 is 0 Å². The molecule has 0 amide bonds. The monoisotopic (exact) mass is 297 g/mol. The number of aryl methyl sites for hydroxylation is 1. The van der Waals surface area contributed by atoms with Gasteiger partial charge < -0.3 is 9.88 Å². The Hall–Kier alpha value is -1.03. The molecule has 1 aromatic carbocycles. The molecule has 0 atom stereocenters. The van der Waals surface area contributed by atoms with Gasteiger partial charge >= 0.3 is 0 Å². The average molecular weight is 298 g/mol. The van der Waals surface area contributed by atoms with E-state index in [0.717, 1.165) is 30.2 Å². The number of nitrogens with zero attached hydrogens (tertiary/aromatic N) is 2. The Morgan fingerprint density at radius 2 is 1.95 bits per heavy atom. The molecule has 0 aliphatic carbocycles. The molecule has 102 valence electrons. The lowest BCUT2D eigenvalue weighted by molar-refractivity contribution is 0.646. The number of halogens is 2. The third-order valence-electron chi connectivity index (χ3n) is 3.07. The van der Waals surface area contributed by atoms with E-state index in [0.29, 0.717) is 16.6 Å². The van der Waals surface area contributed by atoms with Crippen molar-refractivity contribution >= 4 is 23.2 Å². The molecule has 0 aliphatic rings. The first-order valence-electron chi connectivity index (χ1n) is 6.28. The van der Waals surface area contributed by atoms with Gasteiger partial charge in [0.15, 0.2) is 0 Å². The molecule has 1 aromatic heterocycles. The van der Waals surface area contributed by atoms with Gasteiger partial charge in [0.2, 0.25) is 0 Å². The summed E-state index contributed by atoms with van der Waals surface area (Å²) < 4.78 is 2.13. The van der Waals surface area contributed by atoms with Gasteiger partial charge in [0.25, 0.3) is 0 Å². The smallest absolute Gasteiger partial charge is 0.106 e. The van der Waals surface area contributed by atoms with Gasteiger partial charge in [0.1, 0.15) is 5.82 Å². The molecular weight excluding hydrogens is 281 g/mol. The zero-order valence-electron chi connectivity index (χ0n) is 11.1. The molecule has 1 N–H and O–H groups in total. The topological polar surface area (TPSA) is 29.9 Å². The van der Waals surface area contributed by atoms with Crippen LogP contribution in [0.5, 0.6) is 0 Å². The van der Waals surface area contributed by atoms with E-state index in [-0.39, 0.29) is 0 Å². The van der Waals surface area contributed by atoms with Crippen molar-refractivity contribution in [1.82, 2.24) is 14.9 Å². The molecule has 0 spiro atoms. The van der Waals surface area contributed by atoms with Crippen LogP contribution in [-0.4, -0.2) is 16.1 Å². The molecule has 0 saturated heterocycles. The lowest BCUT2D eigenvalue weighted by Gasteiger charge is -2.13. The lowest BCUT2D eigenvalue weighted by Crippen LogP contribution is -2.16. The average Bonchev–Trinajstić information content (AvgIpc) is 2.72. The van der Waals surface area contributed by atoms with Crippen molar-refractivity contribution in [2.45, 2.75) is 26.9 Å².